The van der Waals surface area contributed by atoms with E-state index in [2.05, 4.69) is 27.9 Å². The van der Waals surface area contributed by atoms with Gasteiger partial charge < -0.3 is 14.8 Å². The van der Waals surface area contributed by atoms with E-state index in [1.807, 2.05) is 12.1 Å². The van der Waals surface area contributed by atoms with Crippen LogP contribution >= 0.6 is 46.0 Å². The number of nitrogens with zero attached hydrogens (tertiary/aromatic N) is 1. The summed E-state index contributed by atoms with van der Waals surface area (Å²) in [5, 5.41) is 2.46. The molecule has 1 heterocycles. The van der Waals surface area contributed by atoms with Gasteiger partial charge in [-0.1, -0.05) is 11.6 Å². The predicted octanol–water partition coefficient (Wildman–Crippen LogP) is 4.64. The van der Waals surface area contributed by atoms with E-state index in [4.69, 9.17) is 21.1 Å². The molecule has 0 atom stereocenters. The molecule has 3 amide bonds. The molecule has 1 aliphatic heterocycles. The smallest absolute Gasteiger partial charge is 0.294 e. The molecule has 1 saturated heterocycles. The number of imide groups is 1. The van der Waals surface area contributed by atoms with E-state index in [-0.39, 0.29) is 11.4 Å². The Bertz CT molecular complexity index is 1040. The van der Waals surface area contributed by atoms with Crippen molar-refractivity contribution in [3.05, 3.63) is 55.5 Å². The number of hydrogen-bond donors (Lipinski definition) is 1. The van der Waals surface area contributed by atoms with E-state index in [9.17, 15) is 14.4 Å². The largest absolute Gasteiger partial charge is 0.493 e. The molecule has 156 valence electrons. The summed E-state index contributed by atoms with van der Waals surface area (Å²) < 4.78 is 11.5. The number of rotatable bonds is 6. The third-order valence-corrected chi connectivity index (χ3v) is 5.96. The number of halogens is 2. The molecule has 0 bridgehead atoms. The number of anilines is 1. The fourth-order valence-electron chi connectivity index (χ4n) is 2.69. The van der Waals surface area contributed by atoms with Crippen LogP contribution in [0.25, 0.3) is 6.08 Å². The molecule has 10 heteroatoms. The van der Waals surface area contributed by atoms with Crippen LogP contribution in [0.2, 0.25) is 5.02 Å². The lowest BCUT2D eigenvalue weighted by molar-refractivity contribution is -0.127. The maximum absolute atomic E-state index is 12.7. The Balaban J connectivity index is 1.75. The first-order valence-electron chi connectivity index (χ1n) is 8.54. The average Bonchev–Trinajstić information content (AvgIpc) is 2.96. The van der Waals surface area contributed by atoms with Crippen molar-refractivity contribution >= 4 is 74.8 Å². The molecule has 3 rings (SSSR count). The van der Waals surface area contributed by atoms with Gasteiger partial charge in [0.2, 0.25) is 5.91 Å². The summed E-state index contributed by atoms with van der Waals surface area (Å²) in [5.41, 5.74) is 1.15. The van der Waals surface area contributed by atoms with E-state index in [0.717, 1.165) is 20.2 Å². The van der Waals surface area contributed by atoms with Crippen molar-refractivity contribution in [1.29, 1.82) is 0 Å². The molecule has 2 aromatic carbocycles. The van der Waals surface area contributed by atoms with Crippen LogP contribution in [0.15, 0.2) is 41.3 Å². The fraction of sp³-hybridized carbons (Fsp3) is 0.150. The first kappa shape index (κ1) is 22.4. The predicted molar refractivity (Wildman–Crippen MR) is 125 cm³/mol. The molecule has 0 radical (unpaired) electrons. The molecule has 30 heavy (non-hydrogen) atoms. The Hall–Kier alpha value is -2.24. The third-order valence-electron chi connectivity index (χ3n) is 4.06. The first-order chi connectivity index (χ1) is 14.3. The van der Waals surface area contributed by atoms with Gasteiger partial charge in [0.05, 0.1) is 24.1 Å². The minimum Gasteiger partial charge on any atom is -0.493 e. The van der Waals surface area contributed by atoms with Crippen LogP contribution in [0.5, 0.6) is 11.5 Å². The second kappa shape index (κ2) is 9.71. The van der Waals surface area contributed by atoms with Gasteiger partial charge >= 0.3 is 0 Å². The molecule has 1 fully saturated rings. The van der Waals surface area contributed by atoms with Gasteiger partial charge in [-0.2, -0.15) is 0 Å². The summed E-state index contributed by atoms with van der Waals surface area (Å²) in [6.45, 7) is -0.374. The van der Waals surface area contributed by atoms with Crippen molar-refractivity contribution in [2.75, 3.05) is 26.1 Å². The number of ether oxygens (including phenoxy) is 2. The highest BCUT2D eigenvalue weighted by atomic mass is 127. The number of nitrogens with one attached hydrogen (secondary N) is 1. The van der Waals surface area contributed by atoms with E-state index in [1.165, 1.54) is 20.3 Å². The van der Waals surface area contributed by atoms with E-state index < -0.39 is 17.1 Å². The lowest BCUT2D eigenvalue weighted by atomic mass is 10.2. The van der Waals surface area contributed by atoms with E-state index >= 15 is 0 Å². The third kappa shape index (κ3) is 5.08. The standard InChI is InChI=1S/C20H16ClIN2O5S/c1-28-15-8-11(7-14(21)18(15)29-2)9-16-19(26)24(20(27)30-16)10-17(25)23-13-5-3-12(22)4-6-13/h3-9H,10H2,1-2H3,(H,23,25)/b16-9-. The fourth-order valence-corrected chi connectivity index (χ4v) is 4.18. The monoisotopic (exact) mass is 558 g/mol. The van der Waals surface area contributed by atoms with Crippen molar-refractivity contribution in [2.24, 2.45) is 0 Å². The molecule has 0 aliphatic carbocycles. The van der Waals surface area contributed by atoms with Crippen LogP contribution in [0, 0.1) is 3.57 Å². The second-order valence-electron chi connectivity index (χ2n) is 6.06. The van der Waals surface area contributed by atoms with Crippen LogP contribution in [0.4, 0.5) is 10.5 Å². The van der Waals surface area contributed by atoms with Crippen LogP contribution in [-0.2, 0) is 9.59 Å². The number of benzene rings is 2. The molecule has 7 nitrogen and oxygen atoms in total. The molecule has 1 N–H and O–H groups in total. The Kier molecular flexibility index (Phi) is 7.27. The summed E-state index contributed by atoms with van der Waals surface area (Å²) in [4.78, 5) is 38.3. The Labute approximate surface area is 195 Å². The summed E-state index contributed by atoms with van der Waals surface area (Å²) in [5.74, 6) is -0.244. The number of methoxy groups -OCH3 is 2. The number of hydrogen-bond acceptors (Lipinski definition) is 6. The van der Waals surface area contributed by atoms with Gasteiger partial charge in [-0.15, -0.1) is 0 Å². The Morgan fingerprint density at radius 3 is 2.53 bits per heavy atom. The molecular formula is C20H16ClIN2O5S. The van der Waals surface area contributed by atoms with Crippen molar-refractivity contribution in [3.63, 3.8) is 0 Å². The van der Waals surface area contributed by atoms with Crippen molar-refractivity contribution in [1.82, 2.24) is 4.90 Å². The van der Waals surface area contributed by atoms with Crippen molar-refractivity contribution < 1.29 is 23.9 Å². The quantitative estimate of drug-likeness (QED) is 0.411. The van der Waals surface area contributed by atoms with Gasteiger partial charge in [-0.3, -0.25) is 19.3 Å². The average molecular weight is 559 g/mol. The van der Waals surface area contributed by atoms with Gasteiger partial charge in [-0.05, 0) is 82.4 Å². The van der Waals surface area contributed by atoms with E-state index in [1.54, 1.807) is 24.3 Å². The molecule has 0 aromatic heterocycles. The highest BCUT2D eigenvalue weighted by Crippen LogP contribution is 2.38. The summed E-state index contributed by atoms with van der Waals surface area (Å²) in [6.07, 6.45) is 1.52. The zero-order valence-corrected chi connectivity index (χ0v) is 19.6. The van der Waals surface area contributed by atoms with Crippen LogP contribution in [0.1, 0.15) is 5.56 Å². The lowest BCUT2D eigenvalue weighted by Gasteiger charge is -2.12. The number of thioether (sulfide) groups is 1. The highest BCUT2D eigenvalue weighted by molar-refractivity contribution is 14.1. The topological polar surface area (TPSA) is 84.9 Å². The van der Waals surface area contributed by atoms with E-state index in [0.29, 0.717) is 27.8 Å². The summed E-state index contributed by atoms with van der Waals surface area (Å²) in [6, 6.07) is 10.4. The van der Waals surface area contributed by atoms with Crippen LogP contribution in [0.3, 0.4) is 0 Å². The molecule has 0 spiro atoms. The van der Waals surface area contributed by atoms with Crippen molar-refractivity contribution in [3.8, 4) is 11.5 Å². The molecule has 0 saturated carbocycles. The second-order valence-corrected chi connectivity index (χ2v) is 8.71. The SMILES string of the molecule is COc1cc(/C=C2\SC(=O)N(CC(=O)Nc3ccc(I)cc3)C2=O)cc(Cl)c1OC. The number of carbonyl (C=O) groups is 3. The first-order valence-corrected chi connectivity index (χ1v) is 10.8. The van der Waals surface area contributed by atoms with Crippen molar-refractivity contribution in [2.45, 2.75) is 0 Å². The maximum Gasteiger partial charge on any atom is 0.294 e. The zero-order valence-electron chi connectivity index (χ0n) is 15.9. The van der Waals surface area contributed by atoms with Crippen LogP contribution in [-0.4, -0.2) is 42.7 Å². The minimum atomic E-state index is -0.548. The number of amides is 3. The maximum atomic E-state index is 12.7. The normalized spacial score (nSPS) is 14.9. The molecular weight excluding hydrogens is 543 g/mol. The molecule has 0 unspecified atom stereocenters. The summed E-state index contributed by atoms with van der Waals surface area (Å²) >= 11 is 9.10. The van der Waals surface area contributed by atoms with Gasteiger partial charge in [0.1, 0.15) is 6.54 Å². The Morgan fingerprint density at radius 1 is 1.20 bits per heavy atom. The van der Waals surface area contributed by atoms with Gasteiger partial charge in [0.15, 0.2) is 11.5 Å². The van der Waals surface area contributed by atoms with Crippen LogP contribution < -0.4 is 14.8 Å². The zero-order chi connectivity index (χ0) is 21.8. The van der Waals surface area contributed by atoms with Gasteiger partial charge in [0.25, 0.3) is 11.1 Å². The lowest BCUT2D eigenvalue weighted by Crippen LogP contribution is -2.36. The van der Waals surface area contributed by atoms with Gasteiger partial charge in [-0.25, -0.2) is 0 Å². The Morgan fingerprint density at radius 2 is 1.90 bits per heavy atom. The summed E-state index contributed by atoms with van der Waals surface area (Å²) in [7, 11) is 2.94. The molecule has 2 aromatic rings. The van der Waals surface area contributed by atoms with Gasteiger partial charge in [0, 0.05) is 9.26 Å². The number of carbonyl (C=O) groups excluding carboxylic acids is 3. The minimum absolute atomic E-state index is 0.186. The molecule has 1 aliphatic rings. The highest BCUT2D eigenvalue weighted by Gasteiger charge is 2.36.